The Morgan fingerprint density at radius 1 is 1.06 bits per heavy atom. The van der Waals surface area contributed by atoms with Crippen LogP contribution in [0.15, 0.2) is 72.9 Å². The molecule has 3 aliphatic rings. The molecule has 3 aliphatic heterocycles. The number of ether oxygens (including phenoxy) is 1. The predicted octanol–water partition coefficient (Wildman–Crippen LogP) is 4.49. The average molecular weight is 660 g/mol. The molecular formula is C36H42FN5O4S. The predicted molar refractivity (Wildman–Crippen MR) is 179 cm³/mol. The zero-order chi connectivity index (χ0) is 32.6. The number of anilines is 1. The van der Waals surface area contributed by atoms with Crippen LogP contribution in [-0.4, -0.2) is 72.5 Å². The van der Waals surface area contributed by atoms with E-state index in [0.717, 1.165) is 16.9 Å². The fraction of sp³-hybridized carbons (Fsp3) is 0.444. The van der Waals surface area contributed by atoms with Gasteiger partial charge >= 0.3 is 0 Å². The van der Waals surface area contributed by atoms with E-state index in [1.54, 1.807) is 24.4 Å². The lowest BCUT2D eigenvalue weighted by molar-refractivity contribution is -0.140. The van der Waals surface area contributed by atoms with E-state index in [9.17, 15) is 18.8 Å². The van der Waals surface area contributed by atoms with E-state index in [2.05, 4.69) is 38.0 Å². The van der Waals surface area contributed by atoms with Gasteiger partial charge in [0, 0.05) is 56.3 Å². The van der Waals surface area contributed by atoms with Crippen LogP contribution in [0.1, 0.15) is 48.1 Å². The molecule has 2 fully saturated rings. The molecule has 0 unspecified atom stereocenters. The van der Waals surface area contributed by atoms with Crippen molar-refractivity contribution in [3.8, 4) is 0 Å². The molecule has 3 aromatic rings. The Hall–Kier alpha value is -3.93. The van der Waals surface area contributed by atoms with Gasteiger partial charge in [0.25, 0.3) is 0 Å². The number of fused-ring (bicyclic) bond motifs is 1. The van der Waals surface area contributed by atoms with Crippen LogP contribution in [0.25, 0.3) is 0 Å². The standard InChI is InChI=1S/C36H42FN5O4S/c37-29-12-5-4-10-26(29)21-28-22-38-35(47-28)41-32(43)24-42-17-13-30-27(23-42)11-6-7-14-36(15-18-46-19-16-36)34(45)40-31(33(44)39-30)20-25-8-2-1-3-9-25/h1-10,12,22,27,30-31H,11,13-21,23-24H2,(H,39,44)(H,40,45)(H,38,41,43)/b7-6+/t27-,30+,31+/m0/s1. The topological polar surface area (TPSA) is 113 Å². The molecule has 3 amide bonds. The van der Waals surface area contributed by atoms with Gasteiger partial charge in [-0.1, -0.05) is 60.7 Å². The first-order chi connectivity index (χ1) is 22.9. The lowest BCUT2D eigenvalue weighted by Crippen LogP contribution is -2.58. The number of likely N-dealkylation sites (tertiary alicyclic amines) is 1. The molecule has 0 saturated carbocycles. The van der Waals surface area contributed by atoms with Gasteiger partial charge in [-0.15, -0.1) is 11.3 Å². The summed E-state index contributed by atoms with van der Waals surface area (Å²) in [5, 5.41) is 9.82. The molecule has 4 heterocycles. The Bertz CT molecular complexity index is 1570. The highest BCUT2D eigenvalue weighted by atomic mass is 32.1. The van der Waals surface area contributed by atoms with Crippen LogP contribution in [0, 0.1) is 17.2 Å². The molecule has 9 nitrogen and oxygen atoms in total. The second-order valence-corrected chi connectivity index (χ2v) is 14.0. The second kappa shape index (κ2) is 15.3. The molecule has 1 spiro atoms. The third kappa shape index (κ3) is 8.51. The molecule has 3 N–H and O–H groups in total. The number of carbonyl (C=O) groups is 3. The van der Waals surface area contributed by atoms with Crippen molar-refractivity contribution in [3.05, 3.63) is 94.8 Å². The minimum atomic E-state index is -0.695. The zero-order valence-corrected chi connectivity index (χ0v) is 27.3. The maximum absolute atomic E-state index is 14.1. The van der Waals surface area contributed by atoms with E-state index in [1.807, 2.05) is 30.3 Å². The van der Waals surface area contributed by atoms with Gasteiger partial charge in [0.15, 0.2) is 5.13 Å². The third-order valence-corrected chi connectivity index (χ3v) is 10.5. The Kier molecular flexibility index (Phi) is 10.7. The van der Waals surface area contributed by atoms with E-state index in [1.165, 1.54) is 17.4 Å². The van der Waals surface area contributed by atoms with Crippen molar-refractivity contribution in [3.63, 3.8) is 0 Å². The zero-order valence-electron chi connectivity index (χ0n) is 26.5. The molecule has 3 atom stereocenters. The maximum atomic E-state index is 14.1. The fourth-order valence-corrected chi connectivity index (χ4v) is 7.69. The summed E-state index contributed by atoms with van der Waals surface area (Å²) < 4.78 is 19.7. The van der Waals surface area contributed by atoms with Crippen LogP contribution in [0.4, 0.5) is 9.52 Å². The summed E-state index contributed by atoms with van der Waals surface area (Å²) in [5.41, 5.74) is 0.967. The van der Waals surface area contributed by atoms with Crippen molar-refractivity contribution in [2.24, 2.45) is 11.3 Å². The van der Waals surface area contributed by atoms with Gasteiger partial charge in [0.05, 0.1) is 12.0 Å². The number of hydrogen-bond donors (Lipinski definition) is 3. The first-order valence-corrected chi connectivity index (χ1v) is 17.3. The SMILES string of the molecule is O=C(CN1CC[C@H]2NC(=O)[C@@H](Cc3ccccc3)NC(=O)C3(C/C=C/C[C@H]2C1)CCOCC3)Nc1ncc(Cc2ccccc2F)s1. The Morgan fingerprint density at radius 2 is 1.85 bits per heavy atom. The van der Waals surface area contributed by atoms with Crippen molar-refractivity contribution in [1.82, 2.24) is 20.5 Å². The van der Waals surface area contributed by atoms with Crippen LogP contribution in [0.2, 0.25) is 0 Å². The molecule has 1 aromatic heterocycles. The number of carbonyl (C=O) groups excluding carboxylic acids is 3. The van der Waals surface area contributed by atoms with Crippen LogP contribution in [0.3, 0.4) is 0 Å². The minimum absolute atomic E-state index is 0.0842. The van der Waals surface area contributed by atoms with Crippen LogP contribution in [0.5, 0.6) is 0 Å². The minimum Gasteiger partial charge on any atom is -0.381 e. The highest BCUT2D eigenvalue weighted by Crippen LogP contribution is 2.36. The number of benzene rings is 2. The first-order valence-electron chi connectivity index (χ1n) is 16.5. The number of allylic oxidation sites excluding steroid dienone is 2. The molecule has 47 heavy (non-hydrogen) atoms. The van der Waals surface area contributed by atoms with Crippen LogP contribution in [-0.2, 0) is 32.0 Å². The molecule has 6 rings (SSSR count). The molecule has 0 bridgehead atoms. The number of nitrogens with one attached hydrogen (secondary N) is 3. The summed E-state index contributed by atoms with van der Waals surface area (Å²) in [5.74, 6) is -0.575. The largest absolute Gasteiger partial charge is 0.381 e. The van der Waals surface area contributed by atoms with Gasteiger partial charge in [0.1, 0.15) is 11.9 Å². The van der Waals surface area contributed by atoms with Crippen LogP contribution >= 0.6 is 11.3 Å². The van der Waals surface area contributed by atoms with Crippen molar-refractivity contribution in [2.45, 2.75) is 57.0 Å². The smallest absolute Gasteiger partial charge is 0.243 e. The van der Waals surface area contributed by atoms with Gasteiger partial charge in [-0.05, 0) is 55.2 Å². The summed E-state index contributed by atoms with van der Waals surface area (Å²) in [6.45, 7) is 2.54. The van der Waals surface area contributed by atoms with E-state index in [0.29, 0.717) is 75.5 Å². The van der Waals surface area contributed by atoms with E-state index >= 15 is 0 Å². The van der Waals surface area contributed by atoms with E-state index in [-0.39, 0.29) is 42.0 Å². The Labute approximate surface area is 279 Å². The number of piperidine rings is 1. The van der Waals surface area contributed by atoms with E-state index in [4.69, 9.17) is 4.74 Å². The maximum Gasteiger partial charge on any atom is 0.243 e. The van der Waals surface area contributed by atoms with Crippen molar-refractivity contribution < 1.29 is 23.5 Å². The number of hydrogen-bond acceptors (Lipinski definition) is 7. The number of nitrogens with zero attached hydrogens (tertiary/aromatic N) is 2. The Balaban J connectivity index is 1.11. The number of thiazole rings is 1. The van der Waals surface area contributed by atoms with Gasteiger partial charge in [-0.2, -0.15) is 0 Å². The lowest BCUT2D eigenvalue weighted by atomic mass is 9.75. The molecule has 248 valence electrons. The molecule has 11 heteroatoms. The van der Waals surface area contributed by atoms with Crippen molar-refractivity contribution in [1.29, 1.82) is 0 Å². The number of amides is 3. The van der Waals surface area contributed by atoms with E-state index < -0.39 is 11.5 Å². The highest BCUT2D eigenvalue weighted by molar-refractivity contribution is 7.15. The molecule has 2 aromatic carbocycles. The van der Waals surface area contributed by atoms with Gasteiger partial charge < -0.3 is 20.7 Å². The monoisotopic (exact) mass is 659 g/mol. The quantitative estimate of drug-likeness (QED) is 0.323. The Morgan fingerprint density at radius 3 is 2.66 bits per heavy atom. The van der Waals surface area contributed by atoms with Crippen LogP contribution < -0.4 is 16.0 Å². The van der Waals surface area contributed by atoms with Crippen molar-refractivity contribution in [2.75, 3.05) is 38.2 Å². The van der Waals surface area contributed by atoms with Gasteiger partial charge in [0.2, 0.25) is 17.7 Å². The summed E-state index contributed by atoms with van der Waals surface area (Å²) in [6.07, 6.45) is 9.99. The fourth-order valence-electron chi connectivity index (χ4n) is 6.84. The van der Waals surface area contributed by atoms with Gasteiger partial charge in [-0.3, -0.25) is 19.3 Å². The number of aromatic nitrogens is 1. The normalized spacial score (nSPS) is 24.2. The summed E-state index contributed by atoms with van der Waals surface area (Å²) in [6, 6.07) is 15.6. The highest BCUT2D eigenvalue weighted by Gasteiger charge is 2.41. The van der Waals surface area contributed by atoms with Crippen molar-refractivity contribution >= 4 is 34.2 Å². The van der Waals surface area contributed by atoms with Gasteiger partial charge in [-0.25, -0.2) is 9.37 Å². The third-order valence-electron chi connectivity index (χ3n) is 9.59. The average Bonchev–Trinajstić information content (AvgIpc) is 3.51. The second-order valence-electron chi connectivity index (χ2n) is 12.9. The molecule has 0 radical (unpaired) electrons. The summed E-state index contributed by atoms with van der Waals surface area (Å²) >= 11 is 1.35. The lowest BCUT2D eigenvalue weighted by Gasteiger charge is -2.40. The molecule has 2 saturated heterocycles. The molecule has 0 aliphatic carbocycles. The number of rotatable bonds is 7. The summed E-state index contributed by atoms with van der Waals surface area (Å²) in [7, 11) is 0. The number of halogens is 1. The first kappa shape index (κ1) is 33.0. The summed E-state index contributed by atoms with van der Waals surface area (Å²) in [4.78, 5) is 48.0. The molecular weight excluding hydrogens is 617 g/mol.